The molecule has 2 heterocycles. The number of amides is 2. The number of carbonyl (C=O) groups is 2. The van der Waals surface area contributed by atoms with E-state index in [2.05, 4.69) is 17.0 Å². The fourth-order valence-corrected chi connectivity index (χ4v) is 3.51. The number of carbonyl (C=O) groups excluding carboxylic acids is 2. The predicted octanol–water partition coefficient (Wildman–Crippen LogP) is 1.50. The van der Waals surface area contributed by atoms with E-state index < -0.39 is 0 Å². The van der Waals surface area contributed by atoms with Gasteiger partial charge in [0.25, 0.3) is 5.24 Å². The highest BCUT2D eigenvalue weighted by Crippen LogP contribution is 2.18. The lowest BCUT2D eigenvalue weighted by atomic mass is 10.2. The van der Waals surface area contributed by atoms with Crippen LogP contribution in [0.1, 0.15) is 0 Å². The predicted molar refractivity (Wildman–Crippen MR) is 84.7 cm³/mol. The summed E-state index contributed by atoms with van der Waals surface area (Å²) in [5, 5.41) is 0.0336. The summed E-state index contributed by atoms with van der Waals surface area (Å²) in [5.74, 6) is 0.868. The zero-order valence-corrected chi connectivity index (χ0v) is 12.7. The first-order valence-corrected chi connectivity index (χ1v) is 8.22. The van der Waals surface area contributed by atoms with Gasteiger partial charge in [-0.3, -0.25) is 9.59 Å². The smallest absolute Gasteiger partial charge is 0.282 e. The summed E-state index contributed by atoms with van der Waals surface area (Å²) in [7, 11) is 0. The molecule has 3 rings (SSSR count). The number of hydrogen-bond donors (Lipinski definition) is 0. The van der Waals surface area contributed by atoms with Gasteiger partial charge in [0, 0.05) is 44.2 Å². The van der Waals surface area contributed by atoms with Gasteiger partial charge in [-0.25, -0.2) is 0 Å². The molecular formula is C15H19N3O2S. The number of benzene rings is 1. The Balaban J connectivity index is 1.51. The van der Waals surface area contributed by atoms with Gasteiger partial charge < -0.3 is 14.7 Å². The number of rotatable bonds is 3. The molecule has 0 radical (unpaired) electrons. The minimum absolute atomic E-state index is 0.0336. The van der Waals surface area contributed by atoms with E-state index in [0.29, 0.717) is 6.54 Å². The van der Waals surface area contributed by atoms with Crippen LogP contribution in [0.25, 0.3) is 0 Å². The van der Waals surface area contributed by atoms with Crippen LogP contribution in [0.4, 0.5) is 10.5 Å². The Morgan fingerprint density at radius 2 is 1.76 bits per heavy atom. The standard InChI is InChI=1S/C15H19N3O2S/c19-14(12-18-10-11-21-15(18)20)17-8-6-16(7-9-17)13-4-2-1-3-5-13/h1-5H,6-12H2. The summed E-state index contributed by atoms with van der Waals surface area (Å²) < 4.78 is 0. The topological polar surface area (TPSA) is 43.9 Å². The molecule has 5 nitrogen and oxygen atoms in total. The maximum Gasteiger partial charge on any atom is 0.282 e. The van der Waals surface area contributed by atoms with Crippen molar-refractivity contribution in [3.05, 3.63) is 30.3 Å². The molecule has 0 aliphatic carbocycles. The lowest BCUT2D eigenvalue weighted by molar-refractivity contribution is -0.131. The second-order valence-corrected chi connectivity index (χ2v) is 6.29. The average Bonchev–Trinajstić information content (AvgIpc) is 2.93. The number of hydrogen-bond acceptors (Lipinski definition) is 4. The van der Waals surface area contributed by atoms with Gasteiger partial charge in [-0.15, -0.1) is 0 Å². The SMILES string of the molecule is O=C(CN1CCSC1=O)N1CCN(c2ccccc2)CC1. The summed E-state index contributed by atoms with van der Waals surface area (Å²) in [6.45, 7) is 4.07. The summed E-state index contributed by atoms with van der Waals surface area (Å²) in [6.07, 6.45) is 0. The van der Waals surface area contributed by atoms with Crippen molar-refractivity contribution in [1.82, 2.24) is 9.80 Å². The second kappa shape index (κ2) is 6.39. The fraction of sp³-hybridized carbons (Fsp3) is 0.467. The number of piperazine rings is 1. The van der Waals surface area contributed by atoms with Gasteiger partial charge in [-0.1, -0.05) is 30.0 Å². The van der Waals surface area contributed by atoms with Crippen molar-refractivity contribution in [2.24, 2.45) is 0 Å². The Bertz CT molecular complexity index is 515. The highest BCUT2D eigenvalue weighted by molar-refractivity contribution is 8.13. The molecule has 0 N–H and O–H groups in total. The zero-order valence-electron chi connectivity index (χ0n) is 11.9. The first kappa shape index (κ1) is 14.3. The van der Waals surface area contributed by atoms with Crippen LogP contribution in [-0.4, -0.2) is 66.0 Å². The monoisotopic (exact) mass is 305 g/mol. The van der Waals surface area contributed by atoms with Gasteiger partial charge in [0.2, 0.25) is 5.91 Å². The van der Waals surface area contributed by atoms with Crippen LogP contribution in [0.3, 0.4) is 0 Å². The lowest BCUT2D eigenvalue weighted by Crippen LogP contribution is -2.51. The van der Waals surface area contributed by atoms with Crippen molar-refractivity contribution < 1.29 is 9.59 Å². The van der Waals surface area contributed by atoms with Gasteiger partial charge in [0.05, 0.1) is 0 Å². The Kier molecular flexibility index (Phi) is 4.34. The van der Waals surface area contributed by atoms with E-state index in [1.165, 1.54) is 17.4 Å². The van der Waals surface area contributed by atoms with Crippen LogP contribution < -0.4 is 4.90 Å². The van der Waals surface area contributed by atoms with E-state index >= 15 is 0 Å². The van der Waals surface area contributed by atoms with E-state index in [4.69, 9.17) is 0 Å². The van der Waals surface area contributed by atoms with Crippen molar-refractivity contribution in [3.63, 3.8) is 0 Å². The summed E-state index contributed by atoms with van der Waals surface area (Å²) in [4.78, 5) is 29.6. The van der Waals surface area contributed by atoms with Crippen LogP contribution in [0.5, 0.6) is 0 Å². The fourth-order valence-electron chi connectivity index (χ4n) is 2.69. The molecule has 2 aliphatic rings. The minimum atomic E-state index is 0.0336. The van der Waals surface area contributed by atoms with Crippen molar-refractivity contribution in [2.75, 3.05) is 49.9 Å². The number of nitrogens with zero attached hydrogens (tertiary/aromatic N) is 3. The normalized spacial score (nSPS) is 19.2. The Morgan fingerprint density at radius 3 is 2.38 bits per heavy atom. The molecule has 0 unspecified atom stereocenters. The molecule has 0 bridgehead atoms. The van der Waals surface area contributed by atoms with Gasteiger partial charge in [0.1, 0.15) is 6.54 Å². The highest BCUT2D eigenvalue weighted by Gasteiger charge is 2.27. The number of anilines is 1. The molecule has 1 aromatic rings. The largest absolute Gasteiger partial charge is 0.368 e. The minimum Gasteiger partial charge on any atom is -0.368 e. The zero-order chi connectivity index (χ0) is 14.7. The molecule has 6 heteroatoms. The van der Waals surface area contributed by atoms with Crippen LogP contribution in [-0.2, 0) is 4.79 Å². The second-order valence-electron chi connectivity index (χ2n) is 5.24. The third kappa shape index (κ3) is 3.32. The molecule has 2 saturated heterocycles. The molecule has 21 heavy (non-hydrogen) atoms. The molecule has 1 aromatic carbocycles. The molecule has 2 aliphatic heterocycles. The maximum absolute atomic E-state index is 12.2. The molecule has 0 saturated carbocycles. The highest BCUT2D eigenvalue weighted by atomic mass is 32.2. The molecule has 0 atom stereocenters. The van der Waals surface area contributed by atoms with Gasteiger partial charge in [-0.05, 0) is 12.1 Å². The first-order chi connectivity index (χ1) is 10.2. The maximum atomic E-state index is 12.2. The van der Waals surface area contributed by atoms with Crippen LogP contribution in [0.2, 0.25) is 0 Å². The molecule has 2 amide bonds. The van der Waals surface area contributed by atoms with Gasteiger partial charge in [-0.2, -0.15) is 0 Å². The summed E-state index contributed by atoms with van der Waals surface area (Å²) in [5.41, 5.74) is 1.20. The number of thioether (sulfide) groups is 1. The Morgan fingerprint density at radius 1 is 1.05 bits per heavy atom. The Hall–Kier alpha value is -1.69. The quantitative estimate of drug-likeness (QED) is 0.849. The van der Waals surface area contributed by atoms with E-state index in [1.54, 1.807) is 4.90 Å². The van der Waals surface area contributed by atoms with Crippen molar-refractivity contribution in [3.8, 4) is 0 Å². The molecule has 112 valence electrons. The van der Waals surface area contributed by atoms with Crippen molar-refractivity contribution in [2.45, 2.75) is 0 Å². The lowest BCUT2D eigenvalue weighted by Gasteiger charge is -2.36. The first-order valence-electron chi connectivity index (χ1n) is 7.23. The van der Waals surface area contributed by atoms with E-state index in [9.17, 15) is 9.59 Å². The van der Waals surface area contributed by atoms with Gasteiger partial charge >= 0.3 is 0 Å². The molecule has 0 aromatic heterocycles. The van der Waals surface area contributed by atoms with Crippen molar-refractivity contribution >= 4 is 28.6 Å². The third-order valence-electron chi connectivity index (χ3n) is 3.92. The van der Waals surface area contributed by atoms with Crippen molar-refractivity contribution in [1.29, 1.82) is 0 Å². The van der Waals surface area contributed by atoms with E-state index in [0.717, 1.165) is 31.9 Å². The molecule has 2 fully saturated rings. The summed E-state index contributed by atoms with van der Waals surface area (Å²) >= 11 is 1.30. The molecule has 0 spiro atoms. The van der Waals surface area contributed by atoms with Gasteiger partial charge in [0.15, 0.2) is 0 Å². The summed E-state index contributed by atoms with van der Waals surface area (Å²) in [6, 6.07) is 10.3. The third-order valence-corrected chi connectivity index (χ3v) is 4.82. The Labute approximate surface area is 128 Å². The van der Waals surface area contributed by atoms with E-state index in [1.807, 2.05) is 23.1 Å². The number of para-hydroxylation sites is 1. The van der Waals surface area contributed by atoms with Crippen LogP contribution in [0.15, 0.2) is 30.3 Å². The van der Waals surface area contributed by atoms with E-state index in [-0.39, 0.29) is 17.7 Å². The molecular weight excluding hydrogens is 286 g/mol. The van der Waals surface area contributed by atoms with Crippen LogP contribution >= 0.6 is 11.8 Å². The average molecular weight is 305 g/mol. The van der Waals surface area contributed by atoms with Crippen LogP contribution in [0, 0.1) is 0 Å².